The van der Waals surface area contributed by atoms with Gasteiger partial charge in [-0.15, -0.1) is 0 Å². The number of hydrogen-bond acceptors (Lipinski definition) is 1. The fourth-order valence-electron chi connectivity index (χ4n) is 1.06. The van der Waals surface area contributed by atoms with Crippen molar-refractivity contribution < 1.29 is 4.74 Å². The second-order valence-electron chi connectivity index (χ2n) is 5.54. The summed E-state index contributed by atoms with van der Waals surface area (Å²) < 4.78 is 5.96. The van der Waals surface area contributed by atoms with Crippen molar-refractivity contribution in [3.63, 3.8) is 0 Å². The third kappa shape index (κ3) is 5.87. The van der Waals surface area contributed by atoms with Gasteiger partial charge in [0.1, 0.15) is 0 Å². The molecule has 1 heteroatoms. The summed E-state index contributed by atoms with van der Waals surface area (Å²) in [6.07, 6.45) is 4.38. The Labute approximate surface area is 83.2 Å². The summed E-state index contributed by atoms with van der Waals surface area (Å²) in [4.78, 5) is 0. The smallest absolute Gasteiger partial charge is 0.0811 e. The molecule has 0 radical (unpaired) electrons. The Balaban J connectivity index is 4.46. The van der Waals surface area contributed by atoms with Gasteiger partial charge >= 0.3 is 0 Å². The van der Waals surface area contributed by atoms with E-state index in [0.717, 1.165) is 0 Å². The summed E-state index contributed by atoms with van der Waals surface area (Å²) in [5, 5.41) is 0. The van der Waals surface area contributed by atoms with Crippen molar-refractivity contribution in [1.82, 2.24) is 0 Å². The van der Waals surface area contributed by atoms with Gasteiger partial charge in [0.2, 0.25) is 0 Å². The fraction of sp³-hybridized carbons (Fsp3) is 0.833. The van der Waals surface area contributed by atoms with Crippen LogP contribution in [-0.4, -0.2) is 11.7 Å². The monoisotopic (exact) mass is 184 g/mol. The van der Waals surface area contributed by atoms with Crippen molar-refractivity contribution in [3.8, 4) is 0 Å². The molecule has 0 aromatic carbocycles. The van der Waals surface area contributed by atoms with E-state index < -0.39 is 0 Å². The SMILES string of the molecule is C/C=C/C(OC(C)(C)C)C(C)(C)C. The zero-order valence-corrected chi connectivity index (χ0v) is 10.1. The first-order chi connectivity index (χ1) is 5.67. The molecule has 0 aliphatic heterocycles. The van der Waals surface area contributed by atoms with E-state index in [4.69, 9.17) is 4.74 Å². The summed E-state index contributed by atoms with van der Waals surface area (Å²) in [6.45, 7) is 14.9. The zero-order chi connectivity index (χ0) is 10.7. The molecule has 0 heterocycles. The molecule has 1 atom stereocenters. The molecule has 1 nitrogen and oxygen atoms in total. The molecule has 0 saturated carbocycles. The van der Waals surface area contributed by atoms with Crippen molar-refractivity contribution >= 4 is 0 Å². The van der Waals surface area contributed by atoms with Crippen LogP contribution in [0.25, 0.3) is 0 Å². The van der Waals surface area contributed by atoms with Crippen LogP contribution in [0.3, 0.4) is 0 Å². The minimum Gasteiger partial charge on any atom is -0.368 e. The van der Waals surface area contributed by atoms with Gasteiger partial charge in [0, 0.05) is 0 Å². The lowest BCUT2D eigenvalue weighted by molar-refractivity contribution is -0.0802. The van der Waals surface area contributed by atoms with Crippen LogP contribution in [0.4, 0.5) is 0 Å². The van der Waals surface area contributed by atoms with E-state index in [-0.39, 0.29) is 17.1 Å². The predicted molar refractivity (Wildman–Crippen MR) is 58.9 cm³/mol. The lowest BCUT2D eigenvalue weighted by Gasteiger charge is -2.34. The van der Waals surface area contributed by atoms with Gasteiger partial charge in [-0.1, -0.05) is 32.9 Å². The van der Waals surface area contributed by atoms with E-state index in [9.17, 15) is 0 Å². The first kappa shape index (κ1) is 12.7. The van der Waals surface area contributed by atoms with Gasteiger partial charge < -0.3 is 4.74 Å². The van der Waals surface area contributed by atoms with E-state index in [2.05, 4.69) is 53.7 Å². The van der Waals surface area contributed by atoms with Crippen LogP contribution in [0.5, 0.6) is 0 Å². The normalized spacial score (nSPS) is 16.5. The average molecular weight is 184 g/mol. The molecule has 0 spiro atoms. The molecule has 0 aliphatic rings. The summed E-state index contributed by atoms with van der Waals surface area (Å²) in [6, 6.07) is 0. The Morgan fingerprint density at radius 1 is 1.00 bits per heavy atom. The van der Waals surface area contributed by atoms with E-state index in [1.54, 1.807) is 0 Å². The number of hydrogen-bond donors (Lipinski definition) is 0. The van der Waals surface area contributed by atoms with E-state index in [1.165, 1.54) is 0 Å². The molecule has 0 bridgehead atoms. The maximum Gasteiger partial charge on any atom is 0.0811 e. The van der Waals surface area contributed by atoms with E-state index in [0.29, 0.717) is 0 Å². The lowest BCUT2D eigenvalue weighted by atomic mass is 9.88. The zero-order valence-electron chi connectivity index (χ0n) is 10.1. The minimum absolute atomic E-state index is 0.0720. The predicted octanol–water partition coefficient (Wildman–Crippen LogP) is 3.79. The van der Waals surface area contributed by atoms with Crippen LogP contribution in [0.2, 0.25) is 0 Å². The highest BCUT2D eigenvalue weighted by molar-refractivity contribution is 4.95. The quantitative estimate of drug-likeness (QED) is 0.593. The molecule has 0 amide bonds. The molecule has 1 unspecified atom stereocenters. The second kappa shape index (κ2) is 4.28. The van der Waals surface area contributed by atoms with Crippen LogP contribution < -0.4 is 0 Å². The summed E-state index contributed by atoms with van der Waals surface area (Å²) in [5.41, 5.74) is 0.0945. The van der Waals surface area contributed by atoms with E-state index >= 15 is 0 Å². The summed E-state index contributed by atoms with van der Waals surface area (Å²) in [7, 11) is 0. The Morgan fingerprint density at radius 2 is 1.46 bits per heavy atom. The maximum absolute atomic E-state index is 5.96. The molecule has 0 aliphatic carbocycles. The highest BCUT2D eigenvalue weighted by Gasteiger charge is 2.27. The van der Waals surface area contributed by atoms with Crippen molar-refractivity contribution in [1.29, 1.82) is 0 Å². The average Bonchev–Trinajstić information content (AvgIpc) is 1.81. The van der Waals surface area contributed by atoms with Gasteiger partial charge in [0.15, 0.2) is 0 Å². The number of allylic oxidation sites excluding steroid dienone is 1. The van der Waals surface area contributed by atoms with Crippen molar-refractivity contribution in [2.75, 3.05) is 0 Å². The van der Waals surface area contributed by atoms with Crippen LogP contribution in [0, 0.1) is 5.41 Å². The van der Waals surface area contributed by atoms with Crippen LogP contribution in [0.1, 0.15) is 48.5 Å². The molecule has 0 N–H and O–H groups in total. The Kier molecular flexibility index (Phi) is 4.18. The van der Waals surface area contributed by atoms with Gasteiger partial charge in [-0.2, -0.15) is 0 Å². The highest BCUT2D eigenvalue weighted by atomic mass is 16.5. The molecule has 0 aromatic rings. The van der Waals surface area contributed by atoms with Gasteiger partial charge in [0.25, 0.3) is 0 Å². The molecule has 0 aromatic heterocycles. The molecule has 0 saturated heterocycles. The van der Waals surface area contributed by atoms with Gasteiger partial charge in [0.05, 0.1) is 11.7 Å². The summed E-state index contributed by atoms with van der Waals surface area (Å²) in [5.74, 6) is 0. The lowest BCUT2D eigenvalue weighted by Crippen LogP contribution is -2.35. The standard InChI is InChI=1S/C12H24O/c1-8-9-10(11(2,3)4)13-12(5,6)7/h8-10H,1-7H3/b9-8+. The van der Waals surface area contributed by atoms with Gasteiger partial charge in [-0.05, 0) is 33.1 Å². The van der Waals surface area contributed by atoms with Crippen molar-refractivity contribution in [2.45, 2.75) is 60.2 Å². The number of rotatable bonds is 2. The van der Waals surface area contributed by atoms with Crippen molar-refractivity contribution in [2.24, 2.45) is 5.41 Å². The fourth-order valence-corrected chi connectivity index (χ4v) is 1.06. The largest absolute Gasteiger partial charge is 0.368 e. The summed E-state index contributed by atoms with van der Waals surface area (Å²) >= 11 is 0. The molecular weight excluding hydrogens is 160 g/mol. The Bertz CT molecular complexity index is 167. The first-order valence-corrected chi connectivity index (χ1v) is 4.97. The van der Waals surface area contributed by atoms with Crippen LogP contribution in [-0.2, 0) is 4.74 Å². The molecule has 13 heavy (non-hydrogen) atoms. The minimum atomic E-state index is -0.0720. The highest BCUT2D eigenvalue weighted by Crippen LogP contribution is 2.27. The first-order valence-electron chi connectivity index (χ1n) is 4.97. The van der Waals surface area contributed by atoms with Gasteiger partial charge in [-0.3, -0.25) is 0 Å². The topological polar surface area (TPSA) is 9.23 Å². The van der Waals surface area contributed by atoms with E-state index in [1.807, 2.05) is 6.92 Å². The van der Waals surface area contributed by atoms with Crippen LogP contribution >= 0.6 is 0 Å². The molecule has 0 rings (SSSR count). The second-order valence-corrected chi connectivity index (χ2v) is 5.54. The van der Waals surface area contributed by atoms with Crippen molar-refractivity contribution in [3.05, 3.63) is 12.2 Å². The third-order valence-corrected chi connectivity index (χ3v) is 1.70. The maximum atomic E-state index is 5.96. The van der Waals surface area contributed by atoms with Gasteiger partial charge in [-0.25, -0.2) is 0 Å². The van der Waals surface area contributed by atoms with Crippen LogP contribution in [0.15, 0.2) is 12.2 Å². The number of ether oxygens (including phenoxy) is 1. The Hall–Kier alpha value is -0.300. The third-order valence-electron chi connectivity index (χ3n) is 1.70. The molecular formula is C12H24O. The molecule has 0 fully saturated rings. The Morgan fingerprint density at radius 3 is 1.69 bits per heavy atom. The molecule has 78 valence electrons.